The molecule has 0 fully saturated rings. The van der Waals surface area contributed by atoms with Crippen molar-refractivity contribution in [3.8, 4) is 0 Å². The fourth-order valence-corrected chi connectivity index (χ4v) is 0.770. The van der Waals surface area contributed by atoms with Gasteiger partial charge >= 0.3 is 29.6 Å². The second-order valence-corrected chi connectivity index (χ2v) is 2.06. The van der Waals surface area contributed by atoms with E-state index in [1.165, 1.54) is 0 Å². The fraction of sp³-hybridized carbons (Fsp3) is 0. The van der Waals surface area contributed by atoms with Crippen LogP contribution in [0, 0.1) is 0 Å². The Morgan fingerprint density at radius 1 is 1.33 bits per heavy atom. The number of carbonyl (C=O) groups is 1. The summed E-state index contributed by atoms with van der Waals surface area (Å²) >= 11 is 4.29. The van der Waals surface area contributed by atoms with E-state index in [4.69, 9.17) is 0 Å². The van der Waals surface area contributed by atoms with Crippen LogP contribution in [0.2, 0.25) is 0 Å². The molecule has 0 heterocycles. The van der Waals surface area contributed by atoms with Crippen LogP contribution in [0.1, 0.15) is 10.4 Å². The van der Waals surface area contributed by atoms with Crippen LogP contribution in [0.25, 0.3) is 0 Å². The molecular formula is C8H6NNaOS. The van der Waals surface area contributed by atoms with Crippen molar-refractivity contribution in [1.82, 2.24) is 0 Å². The first-order valence-corrected chi connectivity index (χ1v) is 3.42. The van der Waals surface area contributed by atoms with Crippen LogP contribution < -0.4 is 0 Å². The van der Waals surface area contributed by atoms with E-state index in [1.807, 2.05) is 11.2 Å². The fourth-order valence-electron chi connectivity index (χ4n) is 0.687. The van der Waals surface area contributed by atoms with Gasteiger partial charge in [0.2, 0.25) is 0 Å². The molecule has 0 saturated carbocycles. The van der Waals surface area contributed by atoms with Crippen LogP contribution >= 0.6 is 12.2 Å². The summed E-state index contributed by atoms with van der Waals surface area (Å²) in [5.41, 5.74) is 0.532. The van der Waals surface area contributed by atoms with Crippen molar-refractivity contribution in [3.05, 3.63) is 35.9 Å². The topological polar surface area (TPSA) is 29.4 Å². The second kappa shape index (κ2) is 6.23. The Kier molecular flexibility index (Phi) is 6.07. The van der Waals surface area contributed by atoms with Gasteiger partial charge in [0.05, 0.1) is 5.16 Å². The van der Waals surface area contributed by atoms with Crippen LogP contribution in [0.15, 0.2) is 35.3 Å². The number of rotatable bonds is 1. The van der Waals surface area contributed by atoms with E-state index in [0.29, 0.717) is 5.56 Å². The Bertz CT molecular complexity index is 306. The van der Waals surface area contributed by atoms with Crippen LogP contribution in [-0.4, -0.2) is 40.6 Å². The van der Waals surface area contributed by atoms with Gasteiger partial charge in [-0.25, -0.2) is 0 Å². The quantitative estimate of drug-likeness (QED) is 0.376. The zero-order valence-corrected chi connectivity index (χ0v) is 6.47. The minimum absolute atomic E-state index is 0. The van der Waals surface area contributed by atoms with Crippen LogP contribution in [0.5, 0.6) is 0 Å². The Hall–Kier alpha value is -0.310. The molecule has 12 heavy (non-hydrogen) atoms. The third-order valence-corrected chi connectivity index (χ3v) is 1.26. The summed E-state index contributed by atoms with van der Waals surface area (Å²) in [6.07, 6.45) is 0. The molecule has 0 aromatic heterocycles. The number of isothiocyanates is 1. The van der Waals surface area contributed by atoms with Gasteiger partial charge in [-0.3, -0.25) is 4.79 Å². The summed E-state index contributed by atoms with van der Waals surface area (Å²) in [4.78, 5) is 14.3. The Balaban J connectivity index is 0.00000121. The SMILES string of the molecule is O=C(N=C=S)c1ccccc1.[NaH]. The van der Waals surface area contributed by atoms with Crippen molar-refractivity contribution >= 4 is 52.8 Å². The molecule has 1 rings (SSSR count). The van der Waals surface area contributed by atoms with Gasteiger partial charge in [0, 0.05) is 5.56 Å². The van der Waals surface area contributed by atoms with Gasteiger partial charge in [-0.1, -0.05) is 18.2 Å². The van der Waals surface area contributed by atoms with Gasteiger partial charge in [0.25, 0.3) is 5.91 Å². The molecular weight excluding hydrogens is 181 g/mol. The predicted molar refractivity (Wildman–Crippen MR) is 52.9 cm³/mol. The standard InChI is InChI=1S/C8H5NOS.Na.H/c10-8(9-6-11)7-4-2-1-3-5-7;;/h1-5H;;. The minimum atomic E-state index is -0.347. The summed E-state index contributed by atoms with van der Waals surface area (Å²) in [6.45, 7) is 0. The number of aliphatic imine (C=N–C) groups is 1. The molecule has 0 saturated heterocycles. The van der Waals surface area contributed by atoms with Crippen molar-refractivity contribution in [1.29, 1.82) is 0 Å². The van der Waals surface area contributed by atoms with E-state index in [0.717, 1.165) is 0 Å². The van der Waals surface area contributed by atoms with Gasteiger partial charge in [0.1, 0.15) is 0 Å². The monoisotopic (exact) mass is 187 g/mol. The summed E-state index contributed by atoms with van der Waals surface area (Å²) in [5.74, 6) is -0.347. The molecule has 0 aliphatic rings. The van der Waals surface area contributed by atoms with E-state index in [1.54, 1.807) is 24.3 Å². The molecule has 0 aliphatic carbocycles. The third-order valence-electron chi connectivity index (χ3n) is 1.17. The predicted octanol–water partition coefficient (Wildman–Crippen LogP) is 1.28. The van der Waals surface area contributed by atoms with Gasteiger partial charge in [-0.2, -0.15) is 4.99 Å². The van der Waals surface area contributed by atoms with Gasteiger partial charge < -0.3 is 0 Å². The number of benzene rings is 1. The van der Waals surface area contributed by atoms with E-state index in [-0.39, 0.29) is 35.5 Å². The summed E-state index contributed by atoms with van der Waals surface area (Å²) in [6, 6.07) is 8.73. The average Bonchev–Trinajstić information content (AvgIpc) is 2.07. The summed E-state index contributed by atoms with van der Waals surface area (Å²) < 4.78 is 0. The van der Waals surface area contributed by atoms with E-state index in [9.17, 15) is 4.79 Å². The van der Waals surface area contributed by atoms with Crippen molar-refractivity contribution in [2.75, 3.05) is 0 Å². The number of hydrogen-bond donors (Lipinski definition) is 0. The maximum atomic E-state index is 10.9. The van der Waals surface area contributed by atoms with E-state index in [2.05, 4.69) is 17.2 Å². The molecule has 2 nitrogen and oxygen atoms in total. The molecule has 0 spiro atoms. The Labute approximate surface area is 98.0 Å². The van der Waals surface area contributed by atoms with Crippen LogP contribution in [0.3, 0.4) is 0 Å². The molecule has 0 radical (unpaired) electrons. The van der Waals surface area contributed by atoms with Crippen molar-refractivity contribution in [2.24, 2.45) is 4.99 Å². The van der Waals surface area contributed by atoms with Crippen LogP contribution in [-0.2, 0) is 0 Å². The zero-order valence-electron chi connectivity index (χ0n) is 5.65. The molecule has 0 atom stereocenters. The number of thiocarbonyl (C=S) groups is 1. The van der Waals surface area contributed by atoms with E-state index < -0.39 is 0 Å². The number of carbonyl (C=O) groups excluding carboxylic acids is 1. The first kappa shape index (κ1) is 11.7. The van der Waals surface area contributed by atoms with Crippen LogP contribution in [0.4, 0.5) is 0 Å². The first-order chi connectivity index (χ1) is 5.34. The van der Waals surface area contributed by atoms with Gasteiger partial charge in [-0.05, 0) is 24.4 Å². The van der Waals surface area contributed by atoms with Gasteiger partial charge in [-0.15, -0.1) is 0 Å². The number of hydrogen-bond acceptors (Lipinski definition) is 2. The molecule has 0 unspecified atom stereocenters. The molecule has 56 valence electrons. The summed E-state index contributed by atoms with van der Waals surface area (Å²) in [5, 5.41) is 2.02. The molecule has 0 aliphatic heterocycles. The Morgan fingerprint density at radius 3 is 2.42 bits per heavy atom. The molecule has 1 amide bonds. The molecule has 0 bridgehead atoms. The molecule has 1 aromatic rings. The number of amides is 1. The first-order valence-electron chi connectivity index (χ1n) is 3.02. The molecule has 4 heteroatoms. The molecule has 0 N–H and O–H groups in total. The third kappa shape index (κ3) is 3.39. The average molecular weight is 187 g/mol. The molecule has 1 aromatic carbocycles. The van der Waals surface area contributed by atoms with Gasteiger partial charge in [0.15, 0.2) is 0 Å². The van der Waals surface area contributed by atoms with Crippen molar-refractivity contribution in [3.63, 3.8) is 0 Å². The Morgan fingerprint density at radius 2 is 1.92 bits per heavy atom. The maximum absolute atomic E-state index is 10.9. The van der Waals surface area contributed by atoms with Crippen molar-refractivity contribution < 1.29 is 4.79 Å². The number of nitrogens with zero attached hydrogens (tertiary/aromatic N) is 1. The van der Waals surface area contributed by atoms with E-state index >= 15 is 0 Å². The summed E-state index contributed by atoms with van der Waals surface area (Å²) in [7, 11) is 0. The van der Waals surface area contributed by atoms with Crippen molar-refractivity contribution in [2.45, 2.75) is 0 Å². The zero-order chi connectivity index (χ0) is 8.10. The second-order valence-electron chi connectivity index (χ2n) is 1.87. The normalized spacial score (nSPS) is 7.67.